The minimum atomic E-state index is -0.745. The maximum absolute atomic E-state index is 13.2. The summed E-state index contributed by atoms with van der Waals surface area (Å²) in [5.74, 6) is -0.574. The Labute approximate surface area is 194 Å². The maximum atomic E-state index is 13.2. The molecule has 1 fully saturated rings. The lowest BCUT2D eigenvalue weighted by Crippen LogP contribution is -2.48. The summed E-state index contributed by atoms with van der Waals surface area (Å²) < 4.78 is 0. The van der Waals surface area contributed by atoms with Crippen molar-refractivity contribution in [2.24, 2.45) is 5.41 Å². The Kier molecular flexibility index (Phi) is 5.90. The van der Waals surface area contributed by atoms with Crippen molar-refractivity contribution < 1.29 is 9.59 Å². The highest BCUT2D eigenvalue weighted by atomic mass is 16.2. The summed E-state index contributed by atoms with van der Waals surface area (Å²) in [5, 5.41) is 13.0. The molecule has 1 aromatic heterocycles. The molecule has 0 aliphatic carbocycles. The smallest absolute Gasteiger partial charge is 0.252 e. The van der Waals surface area contributed by atoms with Crippen LogP contribution in [0.1, 0.15) is 43.1 Å². The van der Waals surface area contributed by atoms with Gasteiger partial charge < -0.3 is 10.2 Å². The van der Waals surface area contributed by atoms with Gasteiger partial charge in [0.2, 0.25) is 5.91 Å². The van der Waals surface area contributed by atoms with E-state index < -0.39 is 12.1 Å². The number of likely N-dealkylation sites (tertiary alicyclic amines) is 1. The van der Waals surface area contributed by atoms with Crippen LogP contribution in [0.15, 0.2) is 54.7 Å². The van der Waals surface area contributed by atoms with E-state index in [2.05, 4.69) is 40.6 Å². The average molecular weight is 441 g/mol. The highest BCUT2D eigenvalue weighted by Gasteiger charge is 2.41. The van der Waals surface area contributed by atoms with E-state index in [4.69, 9.17) is 0 Å². The van der Waals surface area contributed by atoms with Crippen molar-refractivity contribution in [3.8, 4) is 17.2 Å². The molecule has 4 rings (SSSR count). The highest BCUT2D eigenvalue weighted by molar-refractivity contribution is 6.08. The summed E-state index contributed by atoms with van der Waals surface area (Å²) in [6, 6.07) is 16.7. The van der Waals surface area contributed by atoms with Crippen molar-refractivity contribution in [3.05, 3.63) is 65.9 Å². The van der Waals surface area contributed by atoms with Gasteiger partial charge in [0.05, 0.1) is 17.1 Å². The summed E-state index contributed by atoms with van der Waals surface area (Å²) >= 11 is 0. The molecule has 168 valence electrons. The Morgan fingerprint density at radius 2 is 1.85 bits per heavy atom. The predicted octanol–water partition coefficient (Wildman–Crippen LogP) is 4.48. The first-order valence-electron chi connectivity index (χ1n) is 11.2. The predicted molar refractivity (Wildman–Crippen MR) is 128 cm³/mol. The number of hydrogen-bond donors (Lipinski definition) is 1. The number of hydrogen-bond acceptors (Lipinski definition) is 4. The van der Waals surface area contributed by atoms with Gasteiger partial charge in [-0.15, -0.1) is 0 Å². The van der Waals surface area contributed by atoms with Crippen LogP contribution >= 0.6 is 0 Å². The van der Waals surface area contributed by atoms with Gasteiger partial charge in [-0.05, 0) is 55.0 Å². The Morgan fingerprint density at radius 3 is 2.55 bits per heavy atom. The SMILES string of the molecule is Cc1ccc(-c2ccc3nccc(C(=O)NC(C)C(=O)N4CC(C)(C)CC4C#N)c3c2)cc1. The second kappa shape index (κ2) is 8.67. The number of amides is 2. The number of aromatic nitrogens is 1. The van der Waals surface area contributed by atoms with Gasteiger partial charge in [0, 0.05) is 18.1 Å². The van der Waals surface area contributed by atoms with Crippen molar-refractivity contribution in [2.75, 3.05) is 6.54 Å². The Hall–Kier alpha value is -3.72. The quantitative estimate of drug-likeness (QED) is 0.648. The summed E-state index contributed by atoms with van der Waals surface area (Å²) in [5.41, 5.74) is 4.29. The molecule has 33 heavy (non-hydrogen) atoms. The molecule has 0 bridgehead atoms. The van der Waals surface area contributed by atoms with Crippen molar-refractivity contribution in [1.82, 2.24) is 15.2 Å². The van der Waals surface area contributed by atoms with Crippen LogP contribution in [0.3, 0.4) is 0 Å². The van der Waals surface area contributed by atoms with Crippen LogP contribution < -0.4 is 5.32 Å². The molecule has 0 saturated carbocycles. The van der Waals surface area contributed by atoms with Gasteiger partial charge in [-0.25, -0.2) is 0 Å². The third kappa shape index (κ3) is 4.58. The summed E-state index contributed by atoms with van der Waals surface area (Å²) in [6.45, 7) is 8.30. The fourth-order valence-electron chi connectivity index (χ4n) is 4.47. The first kappa shape index (κ1) is 22.5. The second-order valence-corrected chi connectivity index (χ2v) is 9.63. The standard InChI is InChI=1S/C27H28N4O2/c1-17-5-7-19(8-6-17)20-9-10-24-23(13-20)22(11-12-29-24)25(32)30-18(2)26(33)31-16-27(3,4)14-21(31)15-28/h5-13,18,21H,14,16H2,1-4H3,(H,30,32). The molecule has 6 nitrogen and oxygen atoms in total. The van der Waals surface area contributed by atoms with Crippen LogP contribution in [0, 0.1) is 23.7 Å². The zero-order valence-electron chi connectivity index (χ0n) is 19.4. The Bertz CT molecular complexity index is 1260. The molecule has 0 spiro atoms. The normalized spacial score (nSPS) is 18.0. The minimum Gasteiger partial charge on any atom is -0.340 e. The van der Waals surface area contributed by atoms with Gasteiger partial charge in [0.15, 0.2) is 0 Å². The lowest BCUT2D eigenvalue weighted by atomic mass is 9.91. The van der Waals surface area contributed by atoms with E-state index in [1.165, 1.54) is 5.56 Å². The molecule has 6 heteroatoms. The van der Waals surface area contributed by atoms with Crippen LogP contribution in [0.4, 0.5) is 0 Å². The average Bonchev–Trinajstić information content (AvgIpc) is 3.12. The van der Waals surface area contributed by atoms with Crippen LogP contribution in [-0.4, -0.2) is 40.3 Å². The highest BCUT2D eigenvalue weighted by Crippen LogP contribution is 2.34. The van der Waals surface area contributed by atoms with E-state index in [0.29, 0.717) is 24.0 Å². The van der Waals surface area contributed by atoms with Gasteiger partial charge in [-0.2, -0.15) is 5.26 Å². The van der Waals surface area contributed by atoms with Crippen LogP contribution in [-0.2, 0) is 4.79 Å². The second-order valence-electron chi connectivity index (χ2n) is 9.63. The minimum absolute atomic E-state index is 0.118. The molecular formula is C27H28N4O2. The molecule has 1 N–H and O–H groups in total. The number of pyridine rings is 1. The summed E-state index contributed by atoms with van der Waals surface area (Å²) in [4.78, 5) is 32.2. The van der Waals surface area contributed by atoms with Crippen LogP contribution in [0.5, 0.6) is 0 Å². The number of carbonyl (C=O) groups excluding carboxylic acids is 2. The first-order valence-corrected chi connectivity index (χ1v) is 11.2. The molecule has 1 aliphatic rings. The van der Waals surface area contributed by atoms with E-state index in [9.17, 15) is 14.9 Å². The number of nitrogens with one attached hydrogen (secondary N) is 1. The zero-order chi connectivity index (χ0) is 23.8. The molecule has 1 aliphatic heterocycles. The number of aryl methyl sites for hydroxylation is 1. The third-order valence-corrected chi connectivity index (χ3v) is 6.24. The van der Waals surface area contributed by atoms with Gasteiger partial charge in [-0.3, -0.25) is 14.6 Å². The van der Waals surface area contributed by atoms with Gasteiger partial charge in [-0.1, -0.05) is 49.7 Å². The maximum Gasteiger partial charge on any atom is 0.252 e. The molecule has 3 aromatic rings. The van der Waals surface area contributed by atoms with Gasteiger partial charge in [0.25, 0.3) is 5.91 Å². The van der Waals surface area contributed by atoms with E-state index in [1.54, 1.807) is 24.1 Å². The summed E-state index contributed by atoms with van der Waals surface area (Å²) in [6.07, 6.45) is 2.23. The zero-order valence-corrected chi connectivity index (χ0v) is 19.4. The molecule has 2 amide bonds. The molecule has 2 aromatic carbocycles. The Morgan fingerprint density at radius 1 is 1.15 bits per heavy atom. The monoisotopic (exact) mass is 440 g/mol. The number of benzene rings is 2. The van der Waals surface area contributed by atoms with Crippen molar-refractivity contribution in [1.29, 1.82) is 5.26 Å². The number of rotatable bonds is 4. The molecule has 1 saturated heterocycles. The molecule has 2 heterocycles. The van der Waals surface area contributed by atoms with Crippen LogP contribution in [0.25, 0.3) is 22.0 Å². The topological polar surface area (TPSA) is 86.1 Å². The molecular weight excluding hydrogens is 412 g/mol. The van der Waals surface area contributed by atoms with Crippen molar-refractivity contribution in [2.45, 2.75) is 46.2 Å². The largest absolute Gasteiger partial charge is 0.340 e. The lowest BCUT2D eigenvalue weighted by Gasteiger charge is -2.25. The van der Waals surface area contributed by atoms with Gasteiger partial charge in [0.1, 0.15) is 12.1 Å². The van der Waals surface area contributed by atoms with E-state index in [-0.39, 0.29) is 17.2 Å². The lowest BCUT2D eigenvalue weighted by molar-refractivity contribution is -0.133. The van der Waals surface area contributed by atoms with Crippen LogP contribution in [0.2, 0.25) is 0 Å². The summed E-state index contributed by atoms with van der Waals surface area (Å²) in [7, 11) is 0. The van der Waals surface area contributed by atoms with E-state index >= 15 is 0 Å². The fourth-order valence-corrected chi connectivity index (χ4v) is 4.47. The number of fused-ring (bicyclic) bond motifs is 1. The molecule has 0 radical (unpaired) electrons. The number of carbonyl (C=O) groups is 2. The van der Waals surface area contributed by atoms with Gasteiger partial charge >= 0.3 is 0 Å². The third-order valence-electron chi connectivity index (χ3n) is 6.24. The van der Waals surface area contributed by atoms with E-state index in [1.807, 2.05) is 39.0 Å². The fraction of sp³-hybridized carbons (Fsp3) is 0.333. The number of nitriles is 1. The molecule has 2 atom stereocenters. The Balaban J connectivity index is 1.59. The van der Waals surface area contributed by atoms with Crippen molar-refractivity contribution >= 4 is 22.7 Å². The van der Waals surface area contributed by atoms with Crippen molar-refractivity contribution in [3.63, 3.8) is 0 Å². The number of nitrogens with zero attached hydrogens (tertiary/aromatic N) is 3. The van der Waals surface area contributed by atoms with E-state index in [0.717, 1.165) is 16.5 Å². The first-order chi connectivity index (χ1) is 15.7. The molecule has 2 unspecified atom stereocenters.